The number of ether oxygens (including phenoxy) is 2. The van der Waals surface area contributed by atoms with Crippen molar-refractivity contribution in [3.63, 3.8) is 0 Å². The quantitative estimate of drug-likeness (QED) is 0.693. The summed E-state index contributed by atoms with van der Waals surface area (Å²) in [4.78, 5) is 16.6. The first kappa shape index (κ1) is 20.9. The van der Waals surface area contributed by atoms with E-state index in [0.29, 0.717) is 36.0 Å². The highest BCUT2D eigenvalue weighted by Crippen LogP contribution is 2.32. The van der Waals surface area contributed by atoms with Crippen LogP contribution in [0.2, 0.25) is 0 Å². The lowest BCUT2D eigenvalue weighted by atomic mass is 10.2. The van der Waals surface area contributed by atoms with E-state index in [2.05, 4.69) is 15.0 Å². The number of anilines is 1. The molecule has 9 heteroatoms. The number of carbonyl (C=O) groups is 1. The van der Waals surface area contributed by atoms with Gasteiger partial charge in [0.25, 0.3) is 10.0 Å². The number of hydrogen-bond donors (Lipinski definition) is 2. The number of rotatable bonds is 5. The third kappa shape index (κ3) is 5.43. The van der Waals surface area contributed by atoms with Gasteiger partial charge in [0.2, 0.25) is 12.7 Å². The van der Waals surface area contributed by atoms with E-state index in [9.17, 15) is 13.2 Å². The van der Waals surface area contributed by atoms with E-state index in [1.165, 1.54) is 18.2 Å². The predicted octanol–water partition coefficient (Wildman–Crippen LogP) is 3.32. The second-order valence-corrected chi connectivity index (χ2v) is 8.89. The predicted molar refractivity (Wildman–Crippen MR) is 118 cm³/mol. The third-order valence-corrected chi connectivity index (χ3v) is 6.28. The summed E-state index contributed by atoms with van der Waals surface area (Å²) in [5, 5.41) is 2.71. The molecule has 8 nitrogen and oxygen atoms in total. The van der Waals surface area contributed by atoms with E-state index in [0.717, 1.165) is 24.8 Å². The lowest BCUT2D eigenvalue weighted by molar-refractivity contribution is -0.111. The van der Waals surface area contributed by atoms with Crippen LogP contribution >= 0.6 is 0 Å². The smallest absolute Gasteiger partial charge is 0.262 e. The second-order valence-electron chi connectivity index (χ2n) is 7.20. The van der Waals surface area contributed by atoms with Crippen molar-refractivity contribution < 1.29 is 22.7 Å². The van der Waals surface area contributed by atoms with Crippen LogP contribution < -0.4 is 19.5 Å². The van der Waals surface area contributed by atoms with E-state index in [1.807, 2.05) is 6.07 Å². The van der Waals surface area contributed by atoms with Gasteiger partial charge in [0, 0.05) is 24.7 Å². The van der Waals surface area contributed by atoms with E-state index >= 15 is 0 Å². The topological polar surface area (TPSA) is 106 Å². The fourth-order valence-electron chi connectivity index (χ4n) is 3.26. The number of amidine groups is 1. The van der Waals surface area contributed by atoms with Gasteiger partial charge in [-0.3, -0.25) is 14.5 Å². The Morgan fingerprint density at radius 1 is 1.00 bits per heavy atom. The number of nitrogens with one attached hydrogen (secondary N) is 2. The van der Waals surface area contributed by atoms with Crippen LogP contribution in [-0.2, 0) is 14.8 Å². The molecule has 0 spiro atoms. The molecule has 0 saturated heterocycles. The van der Waals surface area contributed by atoms with Gasteiger partial charge in [0.05, 0.1) is 4.90 Å². The Morgan fingerprint density at radius 3 is 2.65 bits per heavy atom. The van der Waals surface area contributed by atoms with Crippen LogP contribution in [0.5, 0.6) is 11.5 Å². The molecule has 1 amide bonds. The molecule has 0 atom stereocenters. The van der Waals surface area contributed by atoms with Crippen molar-refractivity contribution >= 4 is 33.5 Å². The molecule has 4 rings (SSSR count). The lowest BCUT2D eigenvalue weighted by Crippen LogP contribution is -2.30. The van der Waals surface area contributed by atoms with Crippen LogP contribution in [-0.4, -0.2) is 33.5 Å². The molecule has 0 radical (unpaired) electrons. The monoisotopic (exact) mass is 441 g/mol. The first-order valence-corrected chi connectivity index (χ1v) is 11.5. The zero-order chi connectivity index (χ0) is 21.7. The molecule has 2 aliphatic heterocycles. The van der Waals surface area contributed by atoms with Crippen molar-refractivity contribution in [2.75, 3.05) is 18.7 Å². The molecule has 2 N–H and O–H groups in total. The minimum atomic E-state index is -3.70. The maximum absolute atomic E-state index is 12.6. The summed E-state index contributed by atoms with van der Waals surface area (Å²) in [7, 11) is -3.70. The van der Waals surface area contributed by atoms with Crippen molar-refractivity contribution in [1.29, 1.82) is 0 Å². The maximum Gasteiger partial charge on any atom is 0.262 e. The molecule has 0 aromatic heterocycles. The van der Waals surface area contributed by atoms with Crippen molar-refractivity contribution in [3.05, 3.63) is 54.1 Å². The minimum absolute atomic E-state index is 0.119. The van der Waals surface area contributed by atoms with Crippen molar-refractivity contribution in [2.24, 2.45) is 4.99 Å². The zero-order valence-corrected chi connectivity index (χ0v) is 17.7. The van der Waals surface area contributed by atoms with Gasteiger partial charge >= 0.3 is 0 Å². The number of nitrogens with zero attached hydrogens (tertiary/aromatic N) is 1. The third-order valence-electron chi connectivity index (χ3n) is 4.88. The van der Waals surface area contributed by atoms with Gasteiger partial charge < -0.3 is 14.8 Å². The van der Waals surface area contributed by atoms with E-state index < -0.39 is 10.0 Å². The molecule has 2 aliphatic rings. The Bertz CT molecular complexity index is 1120. The summed E-state index contributed by atoms with van der Waals surface area (Å²) >= 11 is 0. The van der Waals surface area contributed by atoms with E-state index in [-0.39, 0.29) is 17.6 Å². The van der Waals surface area contributed by atoms with E-state index in [4.69, 9.17) is 9.47 Å². The zero-order valence-electron chi connectivity index (χ0n) is 16.8. The van der Waals surface area contributed by atoms with Gasteiger partial charge in [-0.05, 0) is 60.9 Å². The fraction of sp³-hybridized carbons (Fsp3) is 0.273. The van der Waals surface area contributed by atoms with Gasteiger partial charge in [0.1, 0.15) is 5.84 Å². The molecule has 0 bridgehead atoms. The van der Waals surface area contributed by atoms with Crippen LogP contribution in [0.4, 0.5) is 5.69 Å². The number of sulfonamides is 1. The Kier molecular flexibility index (Phi) is 6.22. The number of hydrogen-bond acceptors (Lipinski definition) is 6. The Morgan fingerprint density at radius 2 is 1.81 bits per heavy atom. The number of benzene rings is 2. The highest BCUT2D eigenvalue weighted by Gasteiger charge is 2.17. The maximum atomic E-state index is 12.6. The summed E-state index contributed by atoms with van der Waals surface area (Å²) in [6, 6.07) is 11.4. The summed E-state index contributed by atoms with van der Waals surface area (Å²) in [5.74, 6) is 1.49. The molecule has 0 unspecified atom stereocenters. The number of aliphatic imine (C=N–C) groups is 1. The van der Waals surface area contributed by atoms with Crippen LogP contribution in [0.25, 0.3) is 6.08 Å². The van der Waals surface area contributed by atoms with Crippen LogP contribution in [0.1, 0.15) is 31.2 Å². The van der Waals surface area contributed by atoms with Gasteiger partial charge in [-0.15, -0.1) is 0 Å². The Balaban J connectivity index is 1.36. The molecule has 2 heterocycles. The van der Waals surface area contributed by atoms with Crippen molar-refractivity contribution in [2.45, 2.75) is 30.6 Å². The van der Waals surface area contributed by atoms with Crippen LogP contribution in [0.3, 0.4) is 0 Å². The average Bonchev–Trinajstić information content (AvgIpc) is 3.08. The molecule has 0 saturated carbocycles. The fourth-order valence-corrected chi connectivity index (χ4v) is 4.35. The number of fused-ring (bicyclic) bond motifs is 1. The van der Waals surface area contributed by atoms with Crippen molar-refractivity contribution in [1.82, 2.24) is 4.72 Å². The van der Waals surface area contributed by atoms with Crippen LogP contribution in [0, 0.1) is 0 Å². The summed E-state index contributed by atoms with van der Waals surface area (Å²) in [6.45, 7) is 0.834. The summed E-state index contributed by atoms with van der Waals surface area (Å²) < 4.78 is 38.3. The first-order chi connectivity index (χ1) is 15.0. The molecule has 0 fully saturated rings. The van der Waals surface area contributed by atoms with E-state index in [1.54, 1.807) is 30.3 Å². The molecule has 0 aliphatic carbocycles. The molecular weight excluding hydrogens is 418 g/mol. The molecule has 2 aromatic carbocycles. The summed E-state index contributed by atoms with van der Waals surface area (Å²) in [5.41, 5.74) is 1.29. The van der Waals surface area contributed by atoms with Crippen molar-refractivity contribution in [3.8, 4) is 11.5 Å². The molecule has 2 aromatic rings. The van der Waals surface area contributed by atoms with Gasteiger partial charge in [-0.25, -0.2) is 8.42 Å². The highest BCUT2D eigenvalue weighted by atomic mass is 32.2. The van der Waals surface area contributed by atoms with Gasteiger partial charge in [0.15, 0.2) is 11.5 Å². The molecular formula is C22H23N3O5S. The SMILES string of the molecule is O=C(/C=C/c1ccc2c(c1)OCO2)Nc1ccc(S(=O)(=O)NC2=NCCCCC2)cc1. The minimum Gasteiger partial charge on any atom is -0.454 e. The first-order valence-electron chi connectivity index (χ1n) is 10.0. The van der Waals surface area contributed by atoms with Gasteiger partial charge in [-0.2, -0.15) is 0 Å². The van der Waals surface area contributed by atoms with Crippen LogP contribution in [0.15, 0.2) is 58.4 Å². The number of carbonyl (C=O) groups excluding carboxylic acids is 1. The summed E-state index contributed by atoms with van der Waals surface area (Å²) in [6.07, 6.45) is 6.63. The Labute approximate surface area is 181 Å². The standard InChI is InChI=1S/C22H23N3O5S/c26-22(12-6-16-5-11-19-20(14-16)30-15-29-19)24-17-7-9-18(10-8-17)31(27,28)25-21-4-2-1-3-13-23-21/h5-12,14H,1-4,13,15H2,(H,23,25)(H,24,26)/b12-6+. The Hall–Kier alpha value is -3.33. The molecule has 31 heavy (non-hydrogen) atoms. The van der Waals surface area contributed by atoms with Gasteiger partial charge in [-0.1, -0.05) is 12.5 Å². The second kappa shape index (κ2) is 9.22. The highest BCUT2D eigenvalue weighted by molar-refractivity contribution is 7.90. The lowest BCUT2D eigenvalue weighted by Gasteiger charge is -2.10. The average molecular weight is 442 g/mol. The number of amides is 1. The molecule has 162 valence electrons. The normalized spacial score (nSPS) is 15.9. The largest absolute Gasteiger partial charge is 0.454 e.